The van der Waals surface area contributed by atoms with Crippen molar-refractivity contribution in [3.05, 3.63) is 24.3 Å². The van der Waals surface area contributed by atoms with Crippen molar-refractivity contribution in [1.82, 2.24) is 0 Å². The van der Waals surface area contributed by atoms with E-state index in [2.05, 4.69) is 12.7 Å². The molecule has 1 rings (SSSR count). The molecule has 0 radical (unpaired) electrons. The maximum absolute atomic E-state index is 3.64. The van der Waals surface area contributed by atoms with Crippen molar-refractivity contribution in [2.45, 2.75) is 19.3 Å². The molecule has 0 fully saturated rings. The molecule has 0 aromatic rings. The predicted molar refractivity (Wildman–Crippen MR) is 30.8 cm³/mol. The van der Waals surface area contributed by atoms with Crippen LogP contribution in [0.25, 0.3) is 0 Å². The highest BCUT2D eigenvalue weighted by Crippen LogP contribution is 2.16. The van der Waals surface area contributed by atoms with Gasteiger partial charge in [0.2, 0.25) is 0 Å². The monoisotopic (exact) mass is 93.1 g/mol. The fourth-order valence-electron chi connectivity index (χ4n) is 0.790. The Labute approximate surface area is 44.5 Å². The summed E-state index contributed by atoms with van der Waals surface area (Å²) in [5.74, 6) is 0. The molecular weight excluding hydrogens is 84.1 g/mol. The summed E-state index contributed by atoms with van der Waals surface area (Å²) in [4.78, 5) is 0. The molecule has 0 unspecified atom stereocenters. The van der Waals surface area contributed by atoms with Crippen LogP contribution in [0.1, 0.15) is 19.3 Å². The Hall–Kier alpha value is -0.610. The summed E-state index contributed by atoms with van der Waals surface area (Å²) in [6.07, 6.45) is 8.72. The molecule has 0 saturated carbocycles. The number of hydrogen-bond donors (Lipinski definition) is 0. The first kappa shape index (κ1) is 4.55. The lowest BCUT2D eigenvalue weighted by atomic mass is 10.2. The van der Waals surface area contributed by atoms with Gasteiger partial charge in [-0.15, -0.1) is 0 Å². The maximum atomic E-state index is 3.64. The topological polar surface area (TPSA) is 0 Å². The third-order valence-corrected chi connectivity index (χ3v) is 1.22. The van der Waals surface area contributed by atoms with Crippen LogP contribution in [0.2, 0.25) is 0 Å². The van der Waals surface area contributed by atoms with E-state index in [0.717, 1.165) is 6.42 Å². The molecule has 0 spiro atoms. The van der Waals surface area contributed by atoms with Gasteiger partial charge in [-0.25, -0.2) is 0 Å². The highest BCUT2D eigenvalue weighted by atomic mass is 14.0. The van der Waals surface area contributed by atoms with Gasteiger partial charge in [0.15, 0.2) is 5.57 Å². The summed E-state index contributed by atoms with van der Waals surface area (Å²) in [5, 5.41) is 0. The zero-order valence-corrected chi connectivity index (χ0v) is 4.41. The third-order valence-electron chi connectivity index (χ3n) is 1.22. The van der Waals surface area contributed by atoms with E-state index in [0.29, 0.717) is 0 Å². The third kappa shape index (κ3) is 0.880. The molecule has 0 aromatic heterocycles. The lowest BCUT2D eigenvalue weighted by Crippen LogP contribution is -1.63. The molecule has 0 heterocycles. The fraction of sp³-hybridized carbons (Fsp3) is 0.429. The van der Waals surface area contributed by atoms with E-state index in [1.165, 1.54) is 18.4 Å². The molecule has 0 aromatic carbocycles. The smallest absolute Gasteiger partial charge is 0.0150 e. The maximum Gasteiger partial charge on any atom is 0.166 e. The Balaban J connectivity index is 2.51. The second-order valence-corrected chi connectivity index (χ2v) is 1.76. The van der Waals surface area contributed by atoms with Gasteiger partial charge in [0.05, 0.1) is 18.6 Å². The molecule has 0 aliphatic heterocycles. The first-order chi connectivity index (χ1) is 3.43. The van der Waals surface area contributed by atoms with Crippen molar-refractivity contribution in [3.63, 3.8) is 0 Å². The molecule has 7 heavy (non-hydrogen) atoms. The van der Waals surface area contributed by atoms with Crippen LogP contribution in [0.4, 0.5) is 0 Å². The number of allylic oxidation sites excluding steroid dienone is 3. The van der Waals surface area contributed by atoms with Gasteiger partial charge in [-0.05, 0) is 13.0 Å². The molecule has 0 amide bonds. The zero-order valence-electron chi connectivity index (χ0n) is 4.41. The van der Waals surface area contributed by atoms with Gasteiger partial charge in [0, 0.05) is 6.42 Å². The van der Waals surface area contributed by atoms with Crippen LogP contribution < -0.4 is 0 Å². The van der Waals surface area contributed by atoms with E-state index in [1.54, 1.807) is 0 Å². The Kier molecular flexibility index (Phi) is 1.24. The van der Waals surface area contributed by atoms with Crippen molar-refractivity contribution in [2.24, 2.45) is 0 Å². The quantitative estimate of drug-likeness (QED) is 0.435. The van der Waals surface area contributed by atoms with Gasteiger partial charge >= 0.3 is 0 Å². The van der Waals surface area contributed by atoms with Crippen LogP contribution in [0.15, 0.2) is 18.2 Å². The van der Waals surface area contributed by atoms with E-state index in [4.69, 9.17) is 0 Å². The molecule has 1 aliphatic rings. The molecule has 0 nitrogen and oxygen atoms in total. The Bertz CT molecular complexity index is 98.6. The van der Waals surface area contributed by atoms with Crippen LogP contribution in [-0.2, 0) is 0 Å². The SMILES string of the molecule is C=CC1=[C+]CCC1. The van der Waals surface area contributed by atoms with Crippen molar-refractivity contribution < 1.29 is 0 Å². The molecule has 0 atom stereocenters. The highest BCUT2D eigenvalue weighted by molar-refractivity contribution is 5.15. The largest absolute Gasteiger partial charge is 0.166 e. The van der Waals surface area contributed by atoms with Gasteiger partial charge in [-0.1, -0.05) is 0 Å². The van der Waals surface area contributed by atoms with Crippen LogP contribution in [0.5, 0.6) is 0 Å². The zero-order chi connectivity index (χ0) is 5.11. The summed E-state index contributed by atoms with van der Waals surface area (Å²) in [5.41, 5.74) is 1.31. The Morgan fingerprint density at radius 1 is 1.71 bits per heavy atom. The van der Waals surface area contributed by atoms with Crippen LogP contribution in [0.3, 0.4) is 0 Å². The van der Waals surface area contributed by atoms with Gasteiger partial charge < -0.3 is 0 Å². The normalized spacial score (nSPS) is 18.0. The van der Waals surface area contributed by atoms with E-state index in [9.17, 15) is 0 Å². The van der Waals surface area contributed by atoms with E-state index >= 15 is 0 Å². The summed E-state index contributed by atoms with van der Waals surface area (Å²) >= 11 is 0. The predicted octanol–water partition coefficient (Wildman–Crippen LogP) is 2.09. The first-order valence-corrected chi connectivity index (χ1v) is 2.65. The summed E-state index contributed by atoms with van der Waals surface area (Å²) in [6.45, 7) is 3.64. The molecule has 0 N–H and O–H groups in total. The van der Waals surface area contributed by atoms with E-state index in [1.807, 2.05) is 6.08 Å². The van der Waals surface area contributed by atoms with Gasteiger partial charge in [-0.3, -0.25) is 0 Å². The molecule has 0 saturated heterocycles. The molecular formula is C7H9+. The van der Waals surface area contributed by atoms with Gasteiger partial charge in [0.1, 0.15) is 0 Å². The molecule has 0 bridgehead atoms. The van der Waals surface area contributed by atoms with Gasteiger partial charge in [-0.2, -0.15) is 0 Å². The average molecular weight is 93.1 g/mol. The number of hydrogen-bond acceptors (Lipinski definition) is 0. The Morgan fingerprint density at radius 2 is 2.57 bits per heavy atom. The van der Waals surface area contributed by atoms with Gasteiger partial charge in [0.25, 0.3) is 0 Å². The van der Waals surface area contributed by atoms with Crippen molar-refractivity contribution >= 4 is 0 Å². The highest BCUT2D eigenvalue weighted by Gasteiger charge is 2.09. The molecule has 36 valence electrons. The lowest BCUT2D eigenvalue weighted by molar-refractivity contribution is 0.911. The molecule has 0 heteroatoms. The second-order valence-electron chi connectivity index (χ2n) is 1.76. The van der Waals surface area contributed by atoms with E-state index < -0.39 is 0 Å². The fourth-order valence-corrected chi connectivity index (χ4v) is 0.790. The van der Waals surface area contributed by atoms with Crippen LogP contribution in [0, 0.1) is 6.08 Å². The van der Waals surface area contributed by atoms with Crippen LogP contribution in [-0.4, -0.2) is 0 Å². The second kappa shape index (κ2) is 1.90. The first-order valence-electron chi connectivity index (χ1n) is 2.65. The summed E-state index contributed by atoms with van der Waals surface area (Å²) in [6, 6.07) is 0. The Morgan fingerprint density at radius 3 is 2.86 bits per heavy atom. The van der Waals surface area contributed by atoms with Crippen molar-refractivity contribution in [1.29, 1.82) is 0 Å². The minimum absolute atomic E-state index is 1.14. The summed E-state index contributed by atoms with van der Waals surface area (Å²) < 4.78 is 0. The van der Waals surface area contributed by atoms with E-state index in [-0.39, 0.29) is 0 Å². The minimum atomic E-state index is 1.14. The van der Waals surface area contributed by atoms with Crippen molar-refractivity contribution in [3.8, 4) is 0 Å². The average Bonchev–Trinajstić information content (AvgIpc) is 2.14. The standard InChI is InChI=1S/C7H9/c1-2-7-5-3-4-6-7/h2H,1,3-5H2/q+1. The number of rotatable bonds is 1. The molecule has 1 aliphatic carbocycles. The van der Waals surface area contributed by atoms with Crippen molar-refractivity contribution in [2.75, 3.05) is 0 Å². The summed E-state index contributed by atoms with van der Waals surface area (Å²) in [7, 11) is 0. The lowest BCUT2D eigenvalue weighted by Gasteiger charge is -1.71. The minimum Gasteiger partial charge on any atom is -0.0150 e. The van der Waals surface area contributed by atoms with Crippen LogP contribution >= 0.6 is 0 Å².